The smallest absolute Gasteiger partial charge is 0.269 e. The first kappa shape index (κ1) is 17.2. The molecule has 0 aliphatic heterocycles. The quantitative estimate of drug-likeness (QED) is 0.776. The van der Waals surface area contributed by atoms with Crippen molar-refractivity contribution in [3.63, 3.8) is 0 Å². The van der Waals surface area contributed by atoms with Gasteiger partial charge in [-0.1, -0.05) is 25.5 Å². The number of fused-ring (bicyclic) bond motifs is 1. The molecule has 0 aliphatic carbocycles. The number of amides is 1. The van der Waals surface area contributed by atoms with Crippen LogP contribution in [0.5, 0.6) is 0 Å². The summed E-state index contributed by atoms with van der Waals surface area (Å²) in [6.45, 7) is 9.26. The van der Waals surface area contributed by atoms with Crippen molar-refractivity contribution in [2.75, 3.05) is 0 Å². The fourth-order valence-electron chi connectivity index (χ4n) is 2.98. The van der Waals surface area contributed by atoms with Crippen molar-refractivity contribution in [3.8, 4) is 0 Å². The number of aromatic nitrogens is 4. The Labute approximate surface area is 147 Å². The maximum atomic E-state index is 12.6. The second-order valence-electron chi connectivity index (χ2n) is 6.70. The molecule has 0 radical (unpaired) electrons. The summed E-state index contributed by atoms with van der Waals surface area (Å²) in [4.78, 5) is 12.6. The second-order valence-corrected chi connectivity index (χ2v) is 6.70. The van der Waals surface area contributed by atoms with Gasteiger partial charge in [-0.25, -0.2) is 0 Å². The van der Waals surface area contributed by atoms with E-state index in [0.717, 1.165) is 22.3 Å². The molecule has 0 fully saturated rings. The van der Waals surface area contributed by atoms with Gasteiger partial charge < -0.3 is 5.32 Å². The van der Waals surface area contributed by atoms with E-state index in [1.54, 1.807) is 4.68 Å². The Kier molecular flexibility index (Phi) is 4.61. The van der Waals surface area contributed by atoms with Crippen LogP contribution in [0.25, 0.3) is 10.9 Å². The molecular weight excluding hydrogens is 314 g/mol. The van der Waals surface area contributed by atoms with Gasteiger partial charge in [0.05, 0.1) is 23.4 Å². The molecule has 1 aromatic carbocycles. The van der Waals surface area contributed by atoms with Gasteiger partial charge in [0.1, 0.15) is 5.69 Å². The number of carbonyl (C=O) groups excluding carboxylic acids is 1. The summed E-state index contributed by atoms with van der Waals surface area (Å²) < 4.78 is 3.61. The molecule has 3 aromatic rings. The molecule has 0 saturated carbocycles. The van der Waals surface area contributed by atoms with Crippen LogP contribution in [0.1, 0.15) is 54.1 Å². The van der Waals surface area contributed by atoms with Gasteiger partial charge in [-0.3, -0.25) is 14.2 Å². The zero-order valence-corrected chi connectivity index (χ0v) is 15.5. The number of aryl methyl sites for hydroxylation is 3. The number of carbonyl (C=O) groups is 1. The molecule has 0 spiro atoms. The Bertz CT molecular complexity index is 919. The van der Waals surface area contributed by atoms with E-state index in [-0.39, 0.29) is 5.91 Å². The van der Waals surface area contributed by atoms with Gasteiger partial charge in [-0.05, 0) is 38.0 Å². The van der Waals surface area contributed by atoms with E-state index >= 15 is 0 Å². The van der Waals surface area contributed by atoms with Gasteiger partial charge in [0.2, 0.25) is 0 Å². The Balaban J connectivity index is 1.82. The van der Waals surface area contributed by atoms with Gasteiger partial charge >= 0.3 is 0 Å². The van der Waals surface area contributed by atoms with Crippen LogP contribution < -0.4 is 5.32 Å². The van der Waals surface area contributed by atoms with Crippen LogP contribution in [-0.4, -0.2) is 25.5 Å². The van der Waals surface area contributed by atoms with Gasteiger partial charge in [-0.15, -0.1) is 0 Å². The first-order valence-electron chi connectivity index (χ1n) is 8.68. The second kappa shape index (κ2) is 6.70. The highest BCUT2D eigenvalue weighted by Crippen LogP contribution is 2.20. The molecule has 2 aromatic heterocycles. The average Bonchev–Trinajstić information content (AvgIpc) is 3.14. The molecule has 0 unspecified atom stereocenters. The largest absolute Gasteiger partial charge is 0.345 e. The molecule has 0 atom stereocenters. The van der Waals surface area contributed by atoms with Crippen molar-refractivity contribution in [1.29, 1.82) is 0 Å². The van der Waals surface area contributed by atoms with Crippen LogP contribution in [0.15, 0.2) is 24.3 Å². The van der Waals surface area contributed by atoms with Crippen LogP contribution in [0.4, 0.5) is 0 Å². The number of hydrogen-bond acceptors (Lipinski definition) is 3. The van der Waals surface area contributed by atoms with E-state index in [4.69, 9.17) is 0 Å². The van der Waals surface area contributed by atoms with Crippen molar-refractivity contribution in [2.24, 2.45) is 7.05 Å². The van der Waals surface area contributed by atoms with Crippen LogP contribution >= 0.6 is 0 Å². The third-order valence-electron chi connectivity index (χ3n) is 4.42. The molecule has 6 nitrogen and oxygen atoms in total. The number of nitrogens with one attached hydrogen (secondary N) is 1. The SMILES string of the molecule is CCn1nc(C(C)C)cc1C(=O)NCc1nn(C)c2ccc(C)cc12. The zero-order chi connectivity index (χ0) is 18.1. The number of nitrogens with zero attached hydrogens (tertiary/aromatic N) is 4. The van der Waals surface area contributed by atoms with Crippen molar-refractivity contribution in [1.82, 2.24) is 24.9 Å². The summed E-state index contributed by atoms with van der Waals surface area (Å²) in [5.74, 6) is 0.176. The summed E-state index contributed by atoms with van der Waals surface area (Å²) in [6, 6.07) is 8.12. The first-order chi connectivity index (χ1) is 11.9. The molecule has 2 heterocycles. The van der Waals surface area contributed by atoms with E-state index < -0.39 is 0 Å². The number of benzene rings is 1. The highest BCUT2D eigenvalue weighted by molar-refractivity contribution is 5.93. The minimum Gasteiger partial charge on any atom is -0.345 e. The predicted molar refractivity (Wildman–Crippen MR) is 98.6 cm³/mol. The maximum Gasteiger partial charge on any atom is 0.269 e. The first-order valence-corrected chi connectivity index (χ1v) is 8.68. The highest BCUT2D eigenvalue weighted by atomic mass is 16.2. The minimum absolute atomic E-state index is 0.118. The standard InChI is InChI=1S/C19H25N5O/c1-6-24-18(10-15(22-24)12(2)3)19(25)20-11-16-14-9-13(4)7-8-17(14)23(5)21-16/h7-10,12H,6,11H2,1-5H3,(H,20,25). The van der Waals surface area contributed by atoms with Crippen LogP contribution in [-0.2, 0) is 20.1 Å². The van der Waals surface area contributed by atoms with E-state index in [9.17, 15) is 4.79 Å². The Hall–Kier alpha value is -2.63. The molecule has 0 saturated heterocycles. The topological polar surface area (TPSA) is 64.7 Å². The minimum atomic E-state index is -0.118. The fraction of sp³-hybridized carbons (Fsp3) is 0.421. The number of hydrogen-bond donors (Lipinski definition) is 1. The molecule has 6 heteroatoms. The van der Waals surface area contributed by atoms with Gasteiger partial charge in [0, 0.05) is 19.0 Å². The molecule has 0 aliphatic rings. The monoisotopic (exact) mass is 339 g/mol. The van der Waals surface area contributed by atoms with Gasteiger partial charge in [0.15, 0.2) is 0 Å². The lowest BCUT2D eigenvalue weighted by atomic mass is 10.1. The molecule has 3 rings (SSSR count). The highest BCUT2D eigenvalue weighted by Gasteiger charge is 2.17. The summed E-state index contributed by atoms with van der Waals surface area (Å²) in [5, 5.41) is 13.1. The Morgan fingerprint density at radius 2 is 2.00 bits per heavy atom. The molecular formula is C19H25N5O. The lowest BCUT2D eigenvalue weighted by molar-refractivity contribution is 0.0940. The van der Waals surface area contributed by atoms with Crippen LogP contribution in [0.3, 0.4) is 0 Å². The van der Waals surface area contributed by atoms with Gasteiger partial charge in [-0.2, -0.15) is 10.2 Å². The molecule has 1 N–H and O–H groups in total. The summed E-state index contributed by atoms with van der Waals surface area (Å²) in [5.41, 5.74) is 4.66. The summed E-state index contributed by atoms with van der Waals surface area (Å²) in [6.07, 6.45) is 0. The van der Waals surface area contributed by atoms with Crippen LogP contribution in [0, 0.1) is 6.92 Å². The third-order valence-corrected chi connectivity index (χ3v) is 4.42. The third kappa shape index (κ3) is 3.29. The van der Waals surface area contributed by atoms with Crippen molar-refractivity contribution in [2.45, 2.75) is 46.7 Å². The van der Waals surface area contributed by atoms with Crippen molar-refractivity contribution >= 4 is 16.8 Å². The zero-order valence-electron chi connectivity index (χ0n) is 15.5. The Morgan fingerprint density at radius 1 is 1.24 bits per heavy atom. The Morgan fingerprint density at radius 3 is 2.68 bits per heavy atom. The summed E-state index contributed by atoms with van der Waals surface area (Å²) in [7, 11) is 1.92. The van der Waals surface area contributed by atoms with Crippen molar-refractivity contribution in [3.05, 3.63) is 46.9 Å². The lowest BCUT2D eigenvalue weighted by Gasteiger charge is -2.05. The average molecular weight is 339 g/mol. The van der Waals surface area contributed by atoms with E-state index in [2.05, 4.69) is 54.5 Å². The molecule has 1 amide bonds. The normalized spacial score (nSPS) is 11.4. The van der Waals surface area contributed by atoms with E-state index in [0.29, 0.717) is 24.7 Å². The predicted octanol–water partition coefficient (Wildman–Crippen LogP) is 3.15. The lowest BCUT2D eigenvalue weighted by Crippen LogP contribution is -2.26. The number of rotatable bonds is 5. The van der Waals surface area contributed by atoms with Crippen molar-refractivity contribution < 1.29 is 4.79 Å². The fourth-order valence-corrected chi connectivity index (χ4v) is 2.98. The van der Waals surface area contributed by atoms with Crippen LogP contribution in [0.2, 0.25) is 0 Å². The maximum absolute atomic E-state index is 12.6. The molecule has 25 heavy (non-hydrogen) atoms. The summed E-state index contributed by atoms with van der Waals surface area (Å²) >= 11 is 0. The van der Waals surface area contributed by atoms with E-state index in [1.165, 1.54) is 5.56 Å². The van der Waals surface area contributed by atoms with E-state index in [1.807, 2.05) is 24.7 Å². The molecule has 132 valence electrons. The van der Waals surface area contributed by atoms with Gasteiger partial charge in [0.25, 0.3) is 5.91 Å². The molecule has 0 bridgehead atoms.